The molecule has 21 heavy (non-hydrogen) atoms. The van der Waals surface area contributed by atoms with Crippen molar-refractivity contribution >= 4 is 22.6 Å². The van der Waals surface area contributed by atoms with Gasteiger partial charge in [-0.1, -0.05) is 12.1 Å². The number of aromatic nitrogens is 1. The number of pyridine rings is 1. The standard InChI is InChI=1S/C13H6F6IN/c14-12(15,16)8-3-1-7(2-4-8)9-5-6-21-11(20)10(9)13(17,18)19/h1-6H. The number of halogens is 7. The summed E-state index contributed by atoms with van der Waals surface area (Å²) in [6.07, 6.45) is -7.98. The maximum atomic E-state index is 13.0. The van der Waals surface area contributed by atoms with Crippen molar-refractivity contribution in [1.82, 2.24) is 4.98 Å². The number of nitrogens with zero attached hydrogens (tertiary/aromatic N) is 1. The molecule has 0 spiro atoms. The van der Waals surface area contributed by atoms with Crippen molar-refractivity contribution in [2.75, 3.05) is 0 Å². The molecule has 0 amide bonds. The zero-order chi connectivity index (χ0) is 15.8. The van der Waals surface area contributed by atoms with Crippen LogP contribution in [0.5, 0.6) is 0 Å². The summed E-state index contributed by atoms with van der Waals surface area (Å²) in [7, 11) is 0. The van der Waals surface area contributed by atoms with E-state index in [0.717, 1.165) is 30.3 Å². The highest BCUT2D eigenvalue weighted by molar-refractivity contribution is 14.1. The van der Waals surface area contributed by atoms with Crippen LogP contribution in [-0.4, -0.2) is 4.98 Å². The lowest BCUT2D eigenvalue weighted by atomic mass is 10.00. The Morgan fingerprint density at radius 2 is 1.38 bits per heavy atom. The Balaban J connectivity index is 2.56. The van der Waals surface area contributed by atoms with Crippen molar-refractivity contribution in [2.24, 2.45) is 0 Å². The molecule has 2 aromatic rings. The van der Waals surface area contributed by atoms with E-state index in [2.05, 4.69) is 4.98 Å². The van der Waals surface area contributed by atoms with E-state index in [4.69, 9.17) is 0 Å². The minimum Gasteiger partial charge on any atom is -0.250 e. The molecule has 0 aliphatic rings. The normalized spacial score (nSPS) is 12.5. The van der Waals surface area contributed by atoms with Gasteiger partial charge in [-0.2, -0.15) is 26.3 Å². The average Bonchev–Trinajstić information content (AvgIpc) is 2.36. The molecule has 0 atom stereocenters. The van der Waals surface area contributed by atoms with Crippen LogP contribution in [0.3, 0.4) is 0 Å². The highest BCUT2D eigenvalue weighted by Gasteiger charge is 2.37. The highest BCUT2D eigenvalue weighted by atomic mass is 127. The van der Waals surface area contributed by atoms with Crippen LogP contribution in [0.15, 0.2) is 36.5 Å². The van der Waals surface area contributed by atoms with Gasteiger partial charge in [0, 0.05) is 6.20 Å². The Morgan fingerprint density at radius 3 is 1.86 bits per heavy atom. The van der Waals surface area contributed by atoms with E-state index in [9.17, 15) is 26.3 Å². The Bertz CT molecular complexity index is 645. The summed E-state index contributed by atoms with van der Waals surface area (Å²) in [5, 5.41) is 0. The van der Waals surface area contributed by atoms with E-state index >= 15 is 0 Å². The summed E-state index contributed by atoms with van der Waals surface area (Å²) < 4.78 is 76.3. The van der Waals surface area contributed by atoms with Crippen molar-refractivity contribution in [3.8, 4) is 11.1 Å². The largest absolute Gasteiger partial charge is 0.419 e. The van der Waals surface area contributed by atoms with Crippen LogP contribution in [0.1, 0.15) is 11.1 Å². The molecule has 0 unspecified atom stereocenters. The second kappa shape index (κ2) is 5.47. The lowest BCUT2D eigenvalue weighted by Gasteiger charge is -2.14. The minimum absolute atomic E-state index is 0.0515. The van der Waals surface area contributed by atoms with Crippen LogP contribution in [0.25, 0.3) is 11.1 Å². The molecular weight excluding hydrogens is 411 g/mol. The van der Waals surface area contributed by atoms with Crippen LogP contribution >= 0.6 is 22.6 Å². The van der Waals surface area contributed by atoms with Crippen molar-refractivity contribution < 1.29 is 26.3 Å². The van der Waals surface area contributed by atoms with Gasteiger partial charge in [0.2, 0.25) is 0 Å². The molecule has 1 heterocycles. The van der Waals surface area contributed by atoms with Crippen LogP contribution in [-0.2, 0) is 12.4 Å². The third-order valence-electron chi connectivity index (χ3n) is 2.71. The SMILES string of the molecule is FC(F)(F)c1ccc(-c2ccnc(I)c2C(F)(F)F)cc1. The molecule has 0 bridgehead atoms. The van der Waals surface area contributed by atoms with E-state index in [-0.39, 0.29) is 14.8 Å². The summed E-state index contributed by atoms with van der Waals surface area (Å²) >= 11 is 1.45. The topological polar surface area (TPSA) is 12.9 Å². The smallest absolute Gasteiger partial charge is 0.250 e. The Morgan fingerprint density at radius 1 is 0.810 bits per heavy atom. The maximum absolute atomic E-state index is 13.0. The molecule has 2 rings (SSSR count). The highest BCUT2D eigenvalue weighted by Crippen LogP contribution is 2.39. The summed E-state index contributed by atoms with van der Waals surface area (Å²) in [5.41, 5.74) is -2.01. The quantitative estimate of drug-likeness (QED) is 0.345. The molecule has 1 aromatic heterocycles. The molecule has 0 saturated heterocycles. The van der Waals surface area contributed by atoms with Gasteiger partial charge in [-0.3, -0.25) is 0 Å². The second-order valence-electron chi connectivity index (χ2n) is 4.10. The van der Waals surface area contributed by atoms with Crippen molar-refractivity contribution in [2.45, 2.75) is 12.4 Å². The number of benzene rings is 1. The Hall–Kier alpha value is -1.32. The number of alkyl halides is 6. The van der Waals surface area contributed by atoms with Gasteiger partial charge in [-0.05, 0) is 51.9 Å². The lowest BCUT2D eigenvalue weighted by molar-refractivity contribution is -0.138. The van der Waals surface area contributed by atoms with Gasteiger partial charge in [-0.25, -0.2) is 4.98 Å². The van der Waals surface area contributed by atoms with E-state index in [0.29, 0.717) is 0 Å². The predicted molar refractivity (Wildman–Crippen MR) is 72.4 cm³/mol. The van der Waals surface area contributed by atoms with Gasteiger partial charge in [0.15, 0.2) is 0 Å². The minimum atomic E-state index is -4.64. The van der Waals surface area contributed by atoms with Gasteiger partial charge in [0.25, 0.3) is 0 Å². The summed E-state index contributed by atoms with van der Waals surface area (Å²) in [6, 6.07) is 4.67. The van der Waals surface area contributed by atoms with Gasteiger partial charge in [-0.15, -0.1) is 0 Å². The van der Waals surface area contributed by atoms with E-state index < -0.39 is 23.5 Å². The maximum Gasteiger partial charge on any atom is 0.419 e. The molecule has 8 heteroatoms. The number of hydrogen-bond acceptors (Lipinski definition) is 1. The van der Waals surface area contributed by atoms with Crippen LogP contribution < -0.4 is 0 Å². The molecule has 0 aliphatic heterocycles. The Kier molecular flexibility index (Phi) is 4.18. The van der Waals surface area contributed by atoms with Crippen LogP contribution in [0.4, 0.5) is 26.3 Å². The summed E-state index contributed by atoms with van der Waals surface area (Å²) in [4.78, 5) is 3.58. The second-order valence-corrected chi connectivity index (χ2v) is 5.12. The molecule has 0 fully saturated rings. The first-order valence-corrected chi connectivity index (χ1v) is 6.58. The fourth-order valence-electron chi connectivity index (χ4n) is 1.79. The summed E-state index contributed by atoms with van der Waals surface area (Å²) in [6.45, 7) is 0. The molecule has 0 N–H and O–H groups in total. The molecule has 0 saturated carbocycles. The third-order valence-corrected chi connectivity index (χ3v) is 3.53. The van der Waals surface area contributed by atoms with E-state index in [1.54, 1.807) is 0 Å². The zero-order valence-corrected chi connectivity index (χ0v) is 12.2. The third kappa shape index (κ3) is 3.47. The number of rotatable bonds is 1. The molecule has 1 nitrogen and oxygen atoms in total. The van der Waals surface area contributed by atoms with Crippen LogP contribution in [0.2, 0.25) is 0 Å². The zero-order valence-electron chi connectivity index (χ0n) is 10.1. The first-order chi connectivity index (χ1) is 9.60. The van der Waals surface area contributed by atoms with Crippen molar-refractivity contribution in [1.29, 1.82) is 0 Å². The Labute approximate surface area is 129 Å². The number of hydrogen-bond donors (Lipinski definition) is 0. The fraction of sp³-hybridized carbons (Fsp3) is 0.154. The first-order valence-electron chi connectivity index (χ1n) is 5.50. The fourth-order valence-corrected chi connectivity index (χ4v) is 2.54. The predicted octanol–water partition coefficient (Wildman–Crippen LogP) is 5.39. The molecule has 0 radical (unpaired) electrons. The van der Waals surface area contributed by atoms with Gasteiger partial charge in [0.05, 0.1) is 11.1 Å². The van der Waals surface area contributed by atoms with Crippen LogP contribution in [0, 0.1) is 3.70 Å². The lowest BCUT2D eigenvalue weighted by Crippen LogP contribution is -2.11. The van der Waals surface area contributed by atoms with Gasteiger partial charge >= 0.3 is 12.4 Å². The molecule has 0 aliphatic carbocycles. The van der Waals surface area contributed by atoms with Gasteiger partial charge in [0.1, 0.15) is 3.70 Å². The molecule has 1 aromatic carbocycles. The molecular formula is C13H6F6IN. The summed E-state index contributed by atoms with van der Waals surface area (Å²) in [5.74, 6) is 0. The van der Waals surface area contributed by atoms with Crippen molar-refractivity contribution in [3.05, 3.63) is 51.4 Å². The molecule has 112 valence electrons. The first kappa shape index (κ1) is 16.1. The van der Waals surface area contributed by atoms with E-state index in [1.807, 2.05) is 0 Å². The average molecular weight is 417 g/mol. The van der Waals surface area contributed by atoms with E-state index in [1.165, 1.54) is 28.8 Å². The van der Waals surface area contributed by atoms with Gasteiger partial charge < -0.3 is 0 Å². The monoisotopic (exact) mass is 417 g/mol. The van der Waals surface area contributed by atoms with Crippen molar-refractivity contribution in [3.63, 3.8) is 0 Å².